The number of likely N-dealkylation sites (N-methyl/N-ethyl adjacent to an activating group) is 1. The lowest BCUT2D eigenvalue weighted by Gasteiger charge is -2.25. The fourth-order valence-electron chi connectivity index (χ4n) is 2.51. The van der Waals surface area contributed by atoms with Gasteiger partial charge in [-0.15, -0.1) is 0 Å². The molecule has 1 aromatic rings. The Hall–Kier alpha value is -2.41. The summed E-state index contributed by atoms with van der Waals surface area (Å²) in [5.74, 6) is -0.514. The van der Waals surface area contributed by atoms with Crippen LogP contribution in [-0.4, -0.2) is 49.4 Å². The third-order valence-corrected chi connectivity index (χ3v) is 3.82. The normalized spacial score (nSPS) is 18.5. The molecule has 2 rings (SSSR count). The van der Waals surface area contributed by atoms with Gasteiger partial charge in [0.15, 0.2) is 0 Å². The highest BCUT2D eigenvalue weighted by molar-refractivity contribution is 6.04. The number of nitrogens with zero attached hydrogens (tertiary/aromatic N) is 1. The second kappa shape index (κ2) is 7.73. The van der Waals surface area contributed by atoms with E-state index in [1.165, 1.54) is 0 Å². The van der Waals surface area contributed by atoms with Gasteiger partial charge >= 0.3 is 6.03 Å². The second-order valence-corrected chi connectivity index (χ2v) is 5.75. The summed E-state index contributed by atoms with van der Waals surface area (Å²) in [7, 11) is 3.92. The number of rotatable bonds is 7. The van der Waals surface area contributed by atoms with Crippen LogP contribution in [0.4, 0.5) is 4.79 Å². The number of carbonyl (C=O) groups excluding carboxylic acids is 3. The molecule has 1 aromatic carbocycles. The molecule has 23 heavy (non-hydrogen) atoms. The second-order valence-electron chi connectivity index (χ2n) is 5.75. The third-order valence-electron chi connectivity index (χ3n) is 3.82. The van der Waals surface area contributed by atoms with Crippen LogP contribution in [0, 0.1) is 0 Å². The van der Waals surface area contributed by atoms with Crippen LogP contribution in [-0.2, 0) is 9.59 Å². The molecule has 7 nitrogen and oxygen atoms in total. The van der Waals surface area contributed by atoms with Gasteiger partial charge in [-0.2, -0.15) is 0 Å². The lowest BCUT2D eigenvalue weighted by Crippen LogP contribution is -2.36. The summed E-state index contributed by atoms with van der Waals surface area (Å²) < 4.78 is 0. The standard InChI is InChI=1S/C16H22N4O3/c1-20(2)13(11-6-4-3-5-7-11)10-17-14(21)9-8-12-15(22)19-16(23)18-12/h3-7,12-13H,8-10H2,1-2H3,(H,17,21)(H2,18,19,22,23)/t12-,13+/m0/s1. The molecule has 0 bridgehead atoms. The lowest BCUT2D eigenvalue weighted by atomic mass is 10.1. The SMILES string of the molecule is CN(C)[C@H](CNC(=O)CC[C@@H]1NC(=O)NC1=O)c1ccccc1. The molecule has 124 valence electrons. The van der Waals surface area contributed by atoms with Crippen molar-refractivity contribution in [2.45, 2.75) is 24.9 Å². The van der Waals surface area contributed by atoms with Gasteiger partial charge in [-0.25, -0.2) is 4.79 Å². The van der Waals surface area contributed by atoms with Crippen molar-refractivity contribution in [2.24, 2.45) is 0 Å². The van der Waals surface area contributed by atoms with Crippen molar-refractivity contribution in [3.05, 3.63) is 35.9 Å². The first-order chi connectivity index (χ1) is 11.0. The quantitative estimate of drug-likeness (QED) is 0.635. The minimum atomic E-state index is -0.619. The van der Waals surface area contributed by atoms with Crippen LogP contribution in [0.2, 0.25) is 0 Å². The zero-order valence-corrected chi connectivity index (χ0v) is 13.3. The molecule has 4 amide bonds. The van der Waals surface area contributed by atoms with Crippen LogP contribution >= 0.6 is 0 Å². The maximum Gasteiger partial charge on any atom is 0.322 e. The summed E-state index contributed by atoms with van der Waals surface area (Å²) in [6, 6.07) is 8.89. The first-order valence-corrected chi connectivity index (χ1v) is 7.57. The molecule has 1 aliphatic heterocycles. The topological polar surface area (TPSA) is 90.5 Å². The van der Waals surface area contributed by atoms with Crippen molar-refractivity contribution >= 4 is 17.8 Å². The summed E-state index contributed by atoms with van der Waals surface area (Å²) in [5.41, 5.74) is 1.13. The van der Waals surface area contributed by atoms with E-state index >= 15 is 0 Å². The van der Waals surface area contributed by atoms with Gasteiger partial charge in [0, 0.05) is 13.0 Å². The van der Waals surface area contributed by atoms with Crippen LogP contribution in [0.3, 0.4) is 0 Å². The zero-order chi connectivity index (χ0) is 16.8. The van der Waals surface area contributed by atoms with Crippen molar-refractivity contribution in [2.75, 3.05) is 20.6 Å². The predicted molar refractivity (Wildman–Crippen MR) is 85.6 cm³/mol. The molecule has 0 saturated carbocycles. The van der Waals surface area contributed by atoms with E-state index in [0.717, 1.165) is 5.56 Å². The average molecular weight is 318 g/mol. The Morgan fingerprint density at radius 3 is 2.52 bits per heavy atom. The molecule has 0 unspecified atom stereocenters. The van der Waals surface area contributed by atoms with E-state index in [0.29, 0.717) is 13.0 Å². The number of carbonyl (C=O) groups is 3. The van der Waals surface area contributed by atoms with E-state index in [1.54, 1.807) is 0 Å². The number of urea groups is 1. The van der Waals surface area contributed by atoms with Crippen LogP contribution in [0.1, 0.15) is 24.4 Å². The molecule has 1 heterocycles. The summed E-state index contributed by atoms with van der Waals surface area (Å²) in [5, 5.41) is 7.52. The van der Waals surface area contributed by atoms with Crippen molar-refractivity contribution in [1.82, 2.24) is 20.9 Å². The van der Waals surface area contributed by atoms with Crippen molar-refractivity contribution in [1.29, 1.82) is 0 Å². The van der Waals surface area contributed by atoms with Crippen LogP contribution in [0.25, 0.3) is 0 Å². The van der Waals surface area contributed by atoms with Crippen molar-refractivity contribution < 1.29 is 14.4 Å². The molecule has 0 aliphatic carbocycles. The van der Waals surface area contributed by atoms with Crippen molar-refractivity contribution in [3.63, 3.8) is 0 Å². The first-order valence-electron chi connectivity index (χ1n) is 7.57. The highest BCUT2D eigenvalue weighted by Crippen LogP contribution is 2.16. The fraction of sp³-hybridized carbons (Fsp3) is 0.438. The molecule has 2 atom stereocenters. The van der Waals surface area contributed by atoms with Gasteiger partial charge in [-0.05, 0) is 26.1 Å². The molecule has 0 spiro atoms. The largest absolute Gasteiger partial charge is 0.354 e. The Balaban J connectivity index is 1.80. The average Bonchev–Trinajstić information content (AvgIpc) is 2.84. The van der Waals surface area contributed by atoms with E-state index < -0.39 is 12.1 Å². The number of hydrogen-bond donors (Lipinski definition) is 3. The highest BCUT2D eigenvalue weighted by atomic mass is 16.2. The van der Waals surface area contributed by atoms with E-state index in [9.17, 15) is 14.4 Å². The monoisotopic (exact) mass is 318 g/mol. The zero-order valence-electron chi connectivity index (χ0n) is 13.3. The first kappa shape index (κ1) is 17.0. The summed E-state index contributed by atoms with van der Waals surface area (Å²) in [6.07, 6.45) is 0.481. The molecule has 0 aromatic heterocycles. The van der Waals surface area contributed by atoms with Gasteiger partial charge in [-0.3, -0.25) is 14.9 Å². The number of hydrogen-bond acceptors (Lipinski definition) is 4. The van der Waals surface area contributed by atoms with Gasteiger partial charge < -0.3 is 15.5 Å². The minimum absolute atomic E-state index is 0.0784. The van der Waals surface area contributed by atoms with Crippen LogP contribution in [0.15, 0.2) is 30.3 Å². The Labute approximate surface area is 135 Å². The molecule has 1 fully saturated rings. The predicted octanol–water partition coefficient (Wildman–Crippen LogP) is 0.394. The Bertz CT molecular complexity index is 574. The van der Waals surface area contributed by atoms with E-state index in [-0.39, 0.29) is 24.3 Å². The van der Waals surface area contributed by atoms with Gasteiger partial charge in [0.25, 0.3) is 5.91 Å². The van der Waals surface area contributed by atoms with Gasteiger partial charge in [-0.1, -0.05) is 30.3 Å². The smallest absolute Gasteiger partial charge is 0.322 e. The number of benzene rings is 1. The molecular formula is C16H22N4O3. The molecule has 7 heteroatoms. The summed E-state index contributed by atoms with van der Waals surface area (Å²) >= 11 is 0. The van der Waals surface area contributed by atoms with E-state index in [4.69, 9.17) is 0 Å². The highest BCUT2D eigenvalue weighted by Gasteiger charge is 2.29. The fourth-order valence-corrected chi connectivity index (χ4v) is 2.51. The van der Waals surface area contributed by atoms with Gasteiger partial charge in [0.05, 0.1) is 6.04 Å². The molecular weight excluding hydrogens is 296 g/mol. The van der Waals surface area contributed by atoms with Crippen molar-refractivity contribution in [3.8, 4) is 0 Å². The van der Waals surface area contributed by atoms with Crippen LogP contribution < -0.4 is 16.0 Å². The Kier molecular flexibility index (Phi) is 5.70. The molecule has 0 radical (unpaired) electrons. The lowest BCUT2D eigenvalue weighted by molar-refractivity contribution is -0.122. The van der Waals surface area contributed by atoms with Gasteiger partial charge in [0.1, 0.15) is 6.04 Å². The Morgan fingerprint density at radius 2 is 1.96 bits per heavy atom. The maximum absolute atomic E-state index is 12.0. The molecule has 1 aliphatic rings. The third kappa shape index (κ3) is 4.79. The number of imide groups is 1. The van der Waals surface area contributed by atoms with E-state index in [1.807, 2.05) is 49.3 Å². The van der Waals surface area contributed by atoms with Crippen LogP contribution in [0.5, 0.6) is 0 Å². The van der Waals surface area contributed by atoms with Gasteiger partial charge in [0.2, 0.25) is 5.91 Å². The number of amides is 4. The number of nitrogens with one attached hydrogen (secondary N) is 3. The molecule has 3 N–H and O–H groups in total. The molecule has 1 saturated heterocycles. The Morgan fingerprint density at radius 1 is 1.26 bits per heavy atom. The maximum atomic E-state index is 12.0. The van der Waals surface area contributed by atoms with E-state index in [2.05, 4.69) is 16.0 Å². The summed E-state index contributed by atoms with van der Waals surface area (Å²) in [4.78, 5) is 36.4. The minimum Gasteiger partial charge on any atom is -0.354 e. The summed E-state index contributed by atoms with van der Waals surface area (Å²) in [6.45, 7) is 0.485.